The van der Waals surface area contributed by atoms with Gasteiger partial charge in [-0.15, -0.1) is 13.0 Å². The molecule has 0 N–H and O–H groups in total. The normalized spacial score (nSPS) is 10.6. The van der Waals surface area contributed by atoms with Crippen LogP contribution in [0.4, 0.5) is 0 Å². The summed E-state index contributed by atoms with van der Waals surface area (Å²) in [5.41, 5.74) is 0. The van der Waals surface area contributed by atoms with E-state index in [1.54, 1.807) is 6.08 Å². The topological polar surface area (TPSA) is 0 Å². The molecule has 0 radical (unpaired) electrons. The van der Waals surface area contributed by atoms with Crippen LogP contribution in [0.2, 0.25) is 0 Å². The van der Waals surface area contributed by atoms with Crippen molar-refractivity contribution < 1.29 is 0 Å². The summed E-state index contributed by atoms with van der Waals surface area (Å²) in [6, 6.07) is 0. The summed E-state index contributed by atoms with van der Waals surface area (Å²) in [5.74, 6) is 2.43. The third-order valence-corrected chi connectivity index (χ3v) is 1.47. The first-order chi connectivity index (χ1) is 5.91. The summed E-state index contributed by atoms with van der Waals surface area (Å²) in [6.45, 7) is 3.67. The molecule has 0 amide bonds. The van der Waals surface area contributed by atoms with Gasteiger partial charge in [0.2, 0.25) is 0 Å². The smallest absolute Gasteiger partial charge is 0.0122 e. The zero-order valence-electron chi connectivity index (χ0n) is 7.50. The van der Waals surface area contributed by atoms with Gasteiger partial charge in [-0.2, -0.15) is 0 Å². The van der Waals surface area contributed by atoms with Gasteiger partial charge in [-0.25, -0.2) is 0 Å². The van der Waals surface area contributed by atoms with Crippen molar-refractivity contribution in [2.24, 2.45) is 0 Å². The lowest BCUT2D eigenvalue weighted by Crippen LogP contribution is -1.70. The Bertz CT molecular complexity index is 189. The van der Waals surface area contributed by atoms with Crippen LogP contribution in [0.15, 0.2) is 37.0 Å². The Labute approximate surface area is 75.7 Å². The van der Waals surface area contributed by atoms with Crippen molar-refractivity contribution in [1.82, 2.24) is 0 Å². The molecule has 0 aliphatic rings. The number of terminal acetylenes is 1. The average Bonchev–Trinajstić information content (AvgIpc) is 2.10. The molecule has 0 unspecified atom stereocenters. The van der Waals surface area contributed by atoms with Gasteiger partial charge < -0.3 is 0 Å². The van der Waals surface area contributed by atoms with Gasteiger partial charge in [0.05, 0.1) is 0 Å². The Balaban J connectivity index is 3.19. The Kier molecular flexibility index (Phi) is 8.79. The van der Waals surface area contributed by atoms with Gasteiger partial charge in [0.25, 0.3) is 0 Å². The molecule has 0 nitrogen and oxygen atoms in total. The summed E-state index contributed by atoms with van der Waals surface area (Å²) >= 11 is 0. The van der Waals surface area contributed by atoms with E-state index in [2.05, 4.69) is 18.6 Å². The molecule has 0 heterocycles. The zero-order chi connectivity index (χ0) is 9.07. The molecule has 0 spiro atoms. The quantitative estimate of drug-likeness (QED) is 0.241. The van der Waals surface area contributed by atoms with Gasteiger partial charge >= 0.3 is 0 Å². The minimum absolute atomic E-state index is 1.12. The molecule has 0 saturated heterocycles. The molecule has 12 heavy (non-hydrogen) atoms. The fraction of sp³-hybridized carbons (Fsp3) is 0.333. The molecule has 64 valence electrons. The van der Waals surface area contributed by atoms with E-state index < -0.39 is 0 Å². The lowest BCUT2D eigenvalue weighted by molar-refractivity contribution is 0.763. The summed E-state index contributed by atoms with van der Waals surface area (Å²) in [4.78, 5) is 0. The summed E-state index contributed by atoms with van der Waals surface area (Å²) in [6.07, 6.45) is 19.4. The van der Waals surface area contributed by atoms with Crippen molar-refractivity contribution in [3.8, 4) is 12.3 Å². The van der Waals surface area contributed by atoms with Gasteiger partial charge in [-0.1, -0.05) is 30.2 Å². The van der Waals surface area contributed by atoms with E-state index in [4.69, 9.17) is 6.42 Å². The van der Waals surface area contributed by atoms with Crippen molar-refractivity contribution in [2.75, 3.05) is 0 Å². The SMILES string of the molecule is C#C/C=C/C=C/CCCCC=C. The molecule has 0 aromatic rings. The minimum atomic E-state index is 1.12. The Hall–Kier alpha value is -1.22. The third-order valence-electron chi connectivity index (χ3n) is 1.47. The molecule has 0 aliphatic heterocycles. The summed E-state index contributed by atoms with van der Waals surface area (Å²) in [5, 5.41) is 0. The molecule has 0 heteroatoms. The van der Waals surface area contributed by atoms with Crippen molar-refractivity contribution >= 4 is 0 Å². The molecule has 0 fully saturated rings. The van der Waals surface area contributed by atoms with Crippen molar-refractivity contribution in [3.05, 3.63) is 37.0 Å². The summed E-state index contributed by atoms with van der Waals surface area (Å²) < 4.78 is 0. The van der Waals surface area contributed by atoms with Crippen molar-refractivity contribution in [1.29, 1.82) is 0 Å². The van der Waals surface area contributed by atoms with Crippen LogP contribution in [0.1, 0.15) is 25.7 Å². The van der Waals surface area contributed by atoms with Crippen LogP contribution in [-0.4, -0.2) is 0 Å². The monoisotopic (exact) mass is 160 g/mol. The highest BCUT2D eigenvalue weighted by Crippen LogP contribution is 2.00. The predicted octanol–water partition coefficient (Wildman–Crippen LogP) is 3.48. The molecule has 0 aromatic heterocycles. The van der Waals surface area contributed by atoms with E-state index in [1.165, 1.54) is 12.8 Å². The molecule has 0 rings (SSSR count). The lowest BCUT2D eigenvalue weighted by atomic mass is 10.2. The number of hydrogen-bond donors (Lipinski definition) is 0. The van der Waals surface area contributed by atoms with Crippen LogP contribution in [0.25, 0.3) is 0 Å². The highest BCUT2D eigenvalue weighted by atomic mass is 13.9. The second kappa shape index (κ2) is 9.78. The fourth-order valence-electron chi connectivity index (χ4n) is 0.837. The number of unbranched alkanes of at least 4 members (excludes halogenated alkanes) is 3. The molecule has 0 bridgehead atoms. The van der Waals surface area contributed by atoms with Gasteiger partial charge in [-0.05, 0) is 31.8 Å². The number of allylic oxidation sites excluding steroid dienone is 5. The van der Waals surface area contributed by atoms with Crippen molar-refractivity contribution in [2.45, 2.75) is 25.7 Å². The maximum Gasteiger partial charge on any atom is -0.0122 e. The van der Waals surface area contributed by atoms with Crippen LogP contribution >= 0.6 is 0 Å². The number of rotatable bonds is 6. The third kappa shape index (κ3) is 8.78. The van der Waals surface area contributed by atoms with Crippen LogP contribution in [0.5, 0.6) is 0 Å². The maximum atomic E-state index is 5.03. The fourth-order valence-corrected chi connectivity index (χ4v) is 0.837. The molecule has 0 saturated carbocycles. The van der Waals surface area contributed by atoms with E-state index in [-0.39, 0.29) is 0 Å². The standard InChI is InChI=1S/C12H16/c1-3-5-7-9-11-12-10-8-6-4-2/h1,4-5,7,9,11H,2,6,8,10,12H2/b7-5+,11-9+. The Morgan fingerprint density at radius 2 is 1.92 bits per heavy atom. The second-order valence-electron chi connectivity index (χ2n) is 2.53. The van der Waals surface area contributed by atoms with Gasteiger partial charge in [0.15, 0.2) is 0 Å². The Morgan fingerprint density at radius 3 is 2.58 bits per heavy atom. The van der Waals surface area contributed by atoms with E-state index in [9.17, 15) is 0 Å². The average molecular weight is 160 g/mol. The lowest BCUT2D eigenvalue weighted by Gasteiger charge is -1.90. The molecular formula is C12H16. The van der Waals surface area contributed by atoms with Crippen LogP contribution in [0.3, 0.4) is 0 Å². The minimum Gasteiger partial charge on any atom is -0.115 e. The maximum absolute atomic E-state index is 5.03. The van der Waals surface area contributed by atoms with E-state index in [0.717, 1.165) is 12.8 Å². The number of hydrogen-bond acceptors (Lipinski definition) is 0. The molecule has 0 aliphatic carbocycles. The predicted molar refractivity (Wildman–Crippen MR) is 55.8 cm³/mol. The zero-order valence-corrected chi connectivity index (χ0v) is 7.50. The highest BCUT2D eigenvalue weighted by molar-refractivity contribution is 5.15. The van der Waals surface area contributed by atoms with Gasteiger partial charge in [0.1, 0.15) is 0 Å². The van der Waals surface area contributed by atoms with E-state index >= 15 is 0 Å². The first-order valence-corrected chi connectivity index (χ1v) is 4.30. The summed E-state index contributed by atoms with van der Waals surface area (Å²) in [7, 11) is 0. The van der Waals surface area contributed by atoms with Gasteiger partial charge in [0, 0.05) is 0 Å². The van der Waals surface area contributed by atoms with Gasteiger partial charge in [-0.3, -0.25) is 0 Å². The molecule has 0 aromatic carbocycles. The van der Waals surface area contributed by atoms with Crippen LogP contribution in [-0.2, 0) is 0 Å². The van der Waals surface area contributed by atoms with Crippen LogP contribution in [0, 0.1) is 12.3 Å². The van der Waals surface area contributed by atoms with E-state index in [0.29, 0.717) is 0 Å². The molecule has 0 atom stereocenters. The van der Waals surface area contributed by atoms with Crippen LogP contribution < -0.4 is 0 Å². The first kappa shape index (κ1) is 10.8. The first-order valence-electron chi connectivity index (χ1n) is 4.30. The van der Waals surface area contributed by atoms with E-state index in [1.807, 2.05) is 18.2 Å². The second-order valence-corrected chi connectivity index (χ2v) is 2.53. The molecular weight excluding hydrogens is 144 g/mol. The largest absolute Gasteiger partial charge is 0.115 e. The highest BCUT2D eigenvalue weighted by Gasteiger charge is 1.80. The Morgan fingerprint density at radius 1 is 1.17 bits per heavy atom. The van der Waals surface area contributed by atoms with Crippen molar-refractivity contribution in [3.63, 3.8) is 0 Å².